The molecule has 0 bridgehead atoms. The molecule has 2 saturated heterocycles. The van der Waals surface area contributed by atoms with Crippen LogP contribution >= 0.6 is 0 Å². The quantitative estimate of drug-likeness (QED) is 0.568. The molecule has 5 aliphatic rings. The van der Waals surface area contributed by atoms with Crippen molar-refractivity contribution in [2.75, 3.05) is 26.8 Å². The van der Waals surface area contributed by atoms with E-state index in [0.29, 0.717) is 17.6 Å². The van der Waals surface area contributed by atoms with E-state index in [0.717, 1.165) is 39.0 Å². The Morgan fingerprint density at radius 2 is 2.12 bits per heavy atom. The van der Waals surface area contributed by atoms with Crippen molar-refractivity contribution in [2.45, 2.75) is 70.1 Å². The normalized spacial score (nSPS) is 42.7. The Morgan fingerprint density at radius 3 is 2.88 bits per heavy atom. The molecule has 6 heteroatoms. The number of carbonyl (C=O) groups excluding carboxylic acids is 1. The van der Waals surface area contributed by atoms with Gasteiger partial charge in [0.2, 0.25) is 0 Å². The van der Waals surface area contributed by atoms with E-state index in [1.54, 1.807) is 7.11 Å². The van der Waals surface area contributed by atoms with Gasteiger partial charge in [0.1, 0.15) is 6.10 Å². The molecule has 6 rings (SSSR count). The first kappa shape index (κ1) is 20.8. The number of hydrogen-bond donors (Lipinski definition) is 1. The number of nitrogens with zero attached hydrogens (tertiary/aromatic N) is 1. The van der Waals surface area contributed by atoms with Gasteiger partial charge in [-0.05, 0) is 80.0 Å². The predicted octanol–water partition coefficient (Wildman–Crippen LogP) is 3.85. The number of aromatic hydroxyl groups is 1. The number of benzene rings is 1. The maximum atomic E-state index is 13.1. The molecule has 0 radical (unpaired) electrons. The molecule has 6 nitrogen and oxygen atoms in total. The number of ether oxygens (including phenoxy) is 3. The first-order chi connectivity index (χ1) is 15.3. The van der Waals surface area contributed by atoms with E-state index >= 15 is 0 Å². The summed E-state index contributed by atoms with van der Waals surface area (Å²) in [7, 11) is 1.58. The van der Waals surface area contributed by atoms with Crippen LogP contribution in [0.25, 0.3) is 0 Å². The van der Waals surface area contributed by atoms with Gasteiger partial charge in [-0.2, -0.15) is 0 Å². The molecular weight excluding hydrogens is 406 g/mol. The highest BCUT2D eigenvalue weighted by Gasteiger charge is 2.65. The van der Waals surface area contributed by atoms with Crippen molar-refractivity contribution in [1.82, 2.24) is 4.90 Å². The highest BCUT2D eigenvalue weighted by Crippen LogP contribution is 2.63. The Kier molecular flexibility index (Phi) is 4.61. The van der Waals surface area contributed by atoms with Gasteiger partial charge in [0.05, 0.1) is 25.2 Å². The highest BCUT2D eigenvalue weighted by atomic mass is 16.6. The molecule has 1 aromatic carbocycles. The van der Waals surface area contributed by atoms with Gasteiger partial charge in [-0.25, -0.2) is 0 Å². The minimum atomic E-state index is -0.0645. The molecule has 0 aromatic heterocycles. The topological polar surface area (TPSA) is 71.5 Å². The van der Waals surface area contributed by atoms with E-state index in [4.69, 9.17) is 14.2 Å². The average Bonchev–Trinajstić information content (AvgIpc) is 3.46. The average molecular weight is 442 g/mol. The van der Waals surface area contributed by atoms with Crippen LogP contribution in [0.15, 0.2) is 12.1 Å². The first-order valence-corrected chi connectivity index (χ1v) is 12.3. The lowest BCUT2D eigenvalue weighted by Gasteiger charge is -2.51. The summed E-state index contributed by atoms with van der Waals surface area (Å²) >= 11 is 0. The lowest BCUT2D eigenvalue weighted by molar-refractivity contribution is -0.147. The summed E-state index contributed by atoms with van der Waals surface area (Å²) in [5.74, 6) is 1.48. The van der Waals surface area contributed by atoms with Crippen molar-refractivity contribution in [2.24, 2.45) is 23.2 Å². The van der Waals surface area contributed by atoms with Crippen LogP contribution in [0, 0.1) is 23.2 Å². The standard InChI is InChI=1S/C26H35NO5/c1-15-17-10-21(30-3)20(28)9-16(17)5-8-27(15)13-19-18-11-23-25(2,12-22(18)32-24(19)29)6-4-7-26(23)14-31-26/h9-10,15,18-19,22-23,28H,4-8,11-14H2,1-3H3/t15-,18-,19+,22-,23-,25-,26+/m1/s1. The lowest BCUT2D eigenvalue weighted by Crippen LogP contribution is -2.51. The Balaban J connectivity index is 1.23. The number of esters is 1. The minimum Gasteiger partial charge on any atom is -0.504 e. The van der Waals surface area contributed by atoms with Crippen molar-refractivity contribution in [1.29, 1.82) is 0 Å². The SMILES string of the molecule is COc1cc2c(cc1O)CCN(C[C@@H]1C(=O)O[C@@H]3C[C@@]4(C)CCC[C@]5(CO5)[C@@H]4C[C@H]13)[C@@H]2C. The van der Waals surface area contributed by atoms with Crippen LogP contribution in [0.4, 0.5) is 0 Å². The third kappa shape index (κ3) is 3.02. The number of epoxide rings is 1. The van der Waals surface area contributed by atoms with Gasteiger partial charge in [0.15, 0.2) is 11.5 Å². The van der Waals surface area contributed by atoms with Crippen molar-refractivity contribution >= 4 is 5.97 Å². The molecule has 3 heterocycles. The number of hydrogen-bond acceptors (Lipinski definition) is 6. The van der Waals surface area contributed by atoms with Crippen LogP contribution < -0.4 is 4.74 Å². The number of carbonyl (C=O) groups is 1. The molecule has 2 aliphatic carbocycles. The van der Waals surface area contributed by atoms with E-state index in [1.807, 2.05) is 12.1 Å². The fourth-order valence-corrected chi connectivity index (χ4v) is 7.72. The molecule has 32 heavy (non-hydrogen) atoms. The first-order valence-electron chi connectivity index (χ1n) is 12.3. The molecule has 7 atom stereocenters. The molecule has 174 valence electrons. The number of rotatable bonds is 3. The summed E-state index contributed by atoms with van der Waals surface area (Å²) in [6.45, 7) is 7.12. The van der Waals surface area contributed by atoms with E-state index in [1.165, 1.54) is 30.4 Å². The van der Waals surface area contributed by atoms with Gasteiger partial charge < -0.3 is 19.3 Å². The number of phenols is 1. The number of fused-ring (bicyclic) bond motifs is 4. The third-order valence-electron chi connectivity index (χ3n) is 9.62. The van der Waals surface area contributed by atoms with E-state index in [9.17, 15) is 9.90 Å². The third-order valence-corrected chi connectivity index (χ3v) is 9.62. The molecule has 1 N–H and O–H groups in total. The second-order valence-electron chi connectivity index (χ2n) is 11.2. The van der Waals surface area contributed by atoms with Crippen LogP contribution in [0.3, 0.4) is 0 Å². The molecule has 0 amide bonds. The van der Waals surface area contributed by atoms with Crippen molar-refractivity contribution in [3.8, 4) is 11.5 Å². The predicted molar refractivity (Wildman–Crippen MR) is 119 cm³/mol. The summed E-state index contributed by atoms with van der Waals surface area (Å²) in [5, 5.41) is 10.2. The maximum absolute atomic E-state index is 13.1. The molecule has 4 fully saturated rings. The zero-order valence-electron chi connectivity index (χ0n) is 19.4. The van der Waals surface area contributed by atoms with Gasteiger partial charge in [-0.1, -0.05) is 6.92 Å². The van der Waals surface area contributed by atoms with Gasteiger partial charge in [0.25, 0.3) is 0 Å². The van der Waals surface area contributed by atoms with E-state index < -0.39 is 0 Å². The molecule has 1 aromatic rings. The monoisotopic (exact) mass is 441 g/mol. The summed E-state index contributed by atoms with van der Waals surface area (Å²) < 4.78 is 17.4. The zero-order valence-corrected chi connectivity index (χ0v) is 19.4. The summed E-state index contributed by atoms with van der Waals surface area (Å²) in [5.41, 5.74) is 2.68. The van der Waals surface area contributed by atoms with Crippen LogP contribution in [0.1, 0.15) is 63.1 Å². The largest absolute Gasteiger partial charge is 0.504 e. The summed E-state index contributed by atoms with van der Waals surface area (Å²) in [6, 6.07) is 3.96. The Hall–Kier alpha value is -1.79. The van der Waals surface area contributed by atoms with Crippen LogP contribution in [-0.2, 0) is 20.7 Å². The second kappa shape index (κ2) is 7.10. The number of methoxy groups -OCH3 is 1. The van der Waals surface area contributed by atoms with Crippen molar-refractivity contribution < 1.29 is 24.1 Å². The van der Waals surface area contributed by atoms with Gasteiger partial charge in [-0.15, -0.1) is 0 Å². The van der Waals surface area contributed by atoms with Crippen LogP contribution in [-0.4, -0.2) is 54.5 Å². The lowest BCUT2D eigenvalue weighted by atomic mass is 9.53. The molecule has 1 spiro atoms. The Morgan fingerprint density at radius 1 is 1.31 bits per heavy atom. The fourth-order valence-electron chi connectivity index (χ4n) is 7.72. The number of phenolic OH excluding ortho intramolecular Hbond substituents is 1. The Bertz CT molecular complexity index is 942. The van der Waals surface area contributed by atoms with Gasteiger partial charge in [0, 0.05) is 25.0 Å². The molecule has 0 unspecified atom stereocenters. The smallest absolute Gasteiger partial charge is 0.310 e. The molecular formula is C26H35NO5. The maximum Gasteiger partial charge on any atom is 0.310 e. The zero-order chi connectivity index (χ0) is 22.3. The summed E-state index contributed by atoms with van der Waals surface area (Å²) in [4.78, 5) is 15.5. The Labute approximate surface area is 190 Å². The molecule has 3 aliphatic heterocycles. The van der Waals surface area contributed by atoms with Crippen molar-refractivity contribution in [3.05, 3.63) is 23.3 Å². The fraction of sp³-hybridized carbons (Fsp3) is 0.731. The minimum absolute atomic E-state index is 0.00528. The molecule has 2 saturated carbocycles. The second-order valence-corrected chi connectivity index (χ2v) is 11.2. The van der Waals surface area contributed by atoms with Gasteiger partial charge in [-0.3, -0.25) is 9.69 Å². The van der Waals surface area contributed by atoms with E-state index in [2.05, 4.69) is 18.7 Å². The van der Waals surface area contributed by atoms with Crippen LogP contribution in [0.5, 0.6) is 11.5 Å². The van der Waals surface area contributed by atoms with Crippen LogP contribution in [0.2, 0.25) is 0 Å². The summed E-state index contributed by atoms with van der Waals surface area (Å²) in [6.07, 6.45) is 6.60. The highest BCUT2D eigenvalue weighted by molar-refractivity contribution is 5.75. The van der Waals surface area contributed by atoms with Gasteiger partial charge >= 0.3 is 5.97 Å². The van der Waals surface area contributed by atoms with Crippen molar-refractivity contribution in [3.63, 3.8) is 0 Å². The van der Waals surface area contributed by atoms with E-state index in [-0.39, 0.29) is 40.8 Å².